The number of hydrogen-bond donors (Lipinski definition) is 0. The molecule has 1 aliphatic heterocycles. The van der Waals surface area contributed by atoms with Crippen LogP contribution < -0.4 is 4.90 Å². The maximum Gasteiger partial charge on any atom is 0.260 e. The van der Waals surface area contributed by atoms with Crippen LogP contribution in [0.2, 0.25) is 0 Å². The largest absolute Gasteiger partial charge is 0.356 e. The maximum absolute atomic E-state index is 13.9. The standard InChI is InChI=1S/C19H14F2N2O2/c1-10(2)23-17-7-11(3-5-14(17)19(23)24)18-9-16(22-25-18)13-6-4-12(20)8-15(13)21/h3-10H,1-2H3. The van der Waals surface area contributed by atoms with Crippen molar-refractivity contribution in [1.29, 1.82) is 0 Å². The van der Waals surface area contributed by atoms with E-state index in [0.717, 1.165) is 17.3 Å². The van der Waals surface area contributed by atoms with Crippen LogP contribution in [0.3, 0.4) is 0 Å². The fourth-order valence-corrected chi connectivity index (χ4v) is 3.00. The van der Waals surface area contributed by atoms with Crippen molar-refractivity contribution < 1.29 is 18.1 Å². The molecular formula is C19H14F2N2O2. The second-order valence-corrected chi connectivity index (χ2v) is 6.20. The molecule has 126 valence electrons. The Kier molecular flexibility index (Phi) is 3.42. The van der Waals surface area contributed by atoms with Crippen LogP contribution in [0.4, 0.5) is 14.5 Å². The molecule has 3 aromatic rings. The van der Waals surface area contributed by atoms with Crippen LogP contribution in [0.1, 0.15) is 24.2 Å². The second-order valence-electron chi connectivity index (χ2n) is 6.20. The minimum Gasteiger partial charge on any atom is -0.356 e. The van der Waals surface area contributed by atoms with E-state index in [-0.39, 0.29) is 23.2 Å². The van der Waals surface area contributed by atoms with E-state index in [4.69, 9.17) is 4.52 Å². The van der Waals surface area contributed by atoms with Gasteiger partial charge in [0.05, 0.1) is 11.3 Å². The molecule has 0 bridgehead atoms. The lowest BCUT2D eigenvalue weighted by molar-refractivity contribution is 0.0958. The van der Waals surface area contributed by atoms with Crippen molar-refractivity contribution in [3.8, 4) is 22.6 Å². The summed E-state index contributed by atoms with van der Waals surface area (Å²) in [6.45, 7) is 3.88. The van der Waals surface area contributed by atoms with Crippen LogP contribution in [0.5, 0.6) is 0 Å². The summed E-state index contributed by atoms with van der Waals surface area (Å²) in [7, 11) is 0. The van der Waals surface area contributed by atoms with Gasteiger partial charge in [0.15, 0.2) is 5.76 Å². The molecule has 0 aliphatic carbocycles. The number of benzene rings is 2. The molecule has 4 nitrogen and oxygen atoms in total. The number of amides is 1. The molecule has 0 fully saturated rings. The van der Waals surface area contributed by atoms with Gasteiger partial charge in [0.25, 0.3) is 5.91 Å². The predicted molar refractivity (Wildman–Crippen MR) is 89.2 cm³/mol. The Morgan fingerprint density at radius 3 is 2.52 bits per heavy atom. The van der Waals surface area contributed by atoms with Crippen LogP contribution in [0.25, 0.3) is 22.6 Å². The van der Waals surface area contributed by atoms with Gasteiger partial charge in [-0.05, 0) is 38.1 Å². The fraction of sp³-hybridized carbons (Fsp3) is 0.158. The van der Waals surface area contributed by atoms with Gasteiger partial charge in [-0.2, -0.15) is 0 Å². The normalized spacial score (nSPS) is 13.2. The summed E-state index contributed by atoms with van der Waals surface area (Å²) in [5, 5.41) is 3.87. The van der Waals surface area contributed by atoms with Gasteiger partial charge in [-0.15, -0.1) is 0 Å². The Morgan fingerprint density at radius 1 is 1.04 bits per heavy atom. The highest BCUT2D eigenvalue weighted by Crippen LogP contribution is 2.38. The summed E-state index contributed by atoms with van der Waals surface area (Å²) in [5.74, 6) is -0.896. The first-order chi connectivity index (χ1) is 12.0. The molecule has 25 heavy (non-hydrogen) atoms. The Balaban J connectivity index is 1.71. The third kappa shape index (κ3) is 2.41. The van der Waals surface area contributed by atoms with Gasteiger partial charge in [0.2, 0.25) is 0 Å². The van der Waals surface area contributed by atoms with Gasteiger partial charge in [-0.25, -0.2) is 8.78 Å². The molecule has 6 heteroatoms. The van der Waals surface area contributed by atoms with E-state index in [9.17, 15) is 13.6 Å². The summed E-state index contributed by atoms with van der Waals surface area (Å²) in [5.41, 5.74) is 2.69. The molecule has 0 N–H and O–H groups in total. The molecule has 0 radical (unpaired) electrons. The van der Waals surface area contributed by atoms with E-state index < -0.39 is 11.6 Å². The van der Waals surface area contributed by atoms with E-state index in [1.165, 1.54) is 12.1 Å². The predicted octanol–water partition coefficient (Wildman–Crippen LogP) is 4.66. The summed E-state index contributed by atoms with van der Waals surface area (Å²) in [6, 6.07) is 10.3. The highest BCUT2D eigenvalue weighted by atomic mass is 19.1. The number of hydrogen-bond acceptors (Lipinski definition) is 3. The maximum atomic E-state index is 13.9. The first kappa shape index (κ1) is 15.5. The Hall–Kier alpha value is -3.02. The number of carbonyl (C=O) groups is 1. The van der Waals surface area contributed by atoms with Crippen molar-refractivity contribution in [3.05, 3.63) is 59.7 Å². The molecule has 1 aliphatic rings. The molecule has 4 rings (SSSR count). The number of halogens is 2. The number of nitrogens with zero attached hydrogens (tertiary/aromatic N) is 2. The third-order valence-corrected chi connectivity index (χ3v) is 4.22. The van der Waals surface area contributed by atoms with Crippen molar-refractivity contribution >= 4 is 11.6 Å². The minimum absolute atomic E-state index is 0.00296. The summed E-state index contributed by atoms with van der Waals surface area (Å²) < 4.78 is 32.2. The van der Waals surface area contributed by atoms with Gasteiger partial charge >= 0.3 is 0 Å². The second kappa shape index (κ2) is 5.51. The zero-order valence-corrected chi connectivity index (χ0v) is 13.6. The minimum atomic E-state index is -0.700. The molecule has 0 atom stereocenters. The van der Waals surface area contributed by atoms with E-state index in [2.05, 4.69) is 5.16 Å². The van der Waals surface area contributed by atoms with Crippen molar-refractivity contribution in [2.45, 2.75) is 19.9 Å². The Morgan fingerprint density at radius 2 is 1.80 bits per heavy atom. The molecule has 0 saturated carbocycles. The molecule has 2 aromatic carbocycles. The Bertz CT molecular complexity index is 995. The number of aromatic nitrogens is 1. The summed E-state index contributed by atoms with van der Waals surface area (Å²) in [4.78, 5) is 13.7. The van der Waals surface area contributed by atoms with E-state index >= 15 is 0 Å². The lowest BCUT2D eigenvalue weighted by Crippen LogP contribution is -2.45. The lowest BCUT2D eigenvalue weighted by atomic mass is 9.97. The van der Waals surface area contributed by atoms with Crippen LogP contribution in [-0.2, 0) is 0 Å². The van der Waals surface area contributed by atoms with E-state index in [0.29, 0.717) is 11.3 Å². The van der Waals surface area contributed by atoms with Crippen LogP contribution in [0.15, 0.2) is 47.0 Å². The van der Waals surface area contributed by atoms with Crippen molar-refractivity contribution in [3.63, 3.8) is 0 Å². The summed E-state index contributed by atoms with van der Waals surface area (Å²) in [6.07, 6.45) is 0. The van der Waals surface area contributed by atoms with E-state index in [1.807, 2.05) is 19.9 Å². The number of anilines is 1. The smallest absolute Gasteiger partial charge is 0.260 e. The van der Waals surface area contributed by atoms with Gasteiger partial charge in [-0.3, -0.25) is 4.79 Å². The van der Waals surface area contributed by atoms with Crippen molar-refractivity contribution in [2.24, 2.45) is 0 Å². The number of carbonyl (C=O) groups excluding carboxylic acids is 1. The highest BCUT2D eigenvalue weighted by molar-refractivity contribution is 6.20. The molecule has 0 unspecified atom stereocenters. The molecule has 1 amide bonds. The van der Waals surface area contributed by atoms with E-state index in [1.54, 1.807) is 23.1 Å². The first-order valence-electron chi connectivity index (χ1n) is 7.86. The molecule has 0 saturated heterocycles. The number of fused-ring (bicyclic) bond motifs is 1. The van der Waals surface area contributed by atoms with Gasteiger partial charge in [0, 0.05) is 29.3 Å². The van der Waals surface area contributed by atoms with Crippen LogP contribution in [-0.4, -0.2) is 17.1 Å². The third-order valence-electron chi connectivity index (χ3n) is 4.22. The average molecular weight is 340 g/mol. The van der Waals surface area contributed by atoms with Gasteiger partial charge < -0.3 is 9.42 Å². The first-order valence-corrected chi connectivity index (χ1v) is 7.86. The fourth-order valence-electron chi connectivity index (χ4n) is 3.00. The van der Waals surface area contributed by atoms with Crippen molar-refractivity contribution in [2.75, 3.05) is 4.90 Å². The molecule has 0 spiro atoms. The average Bonchev–Trinajstić information content (AvgIpc) is 3.03. The van der Waals surface area contributed by atoms with Crippen molar-refractivity contribution in [1.82, 2.24) is 5.16 Å². The van der Waals surface area contributed by atoms with Crippen LogP contribution in [0, 0.1) is 11.6 Å². The molecule has 1 aromatic heterocycles. The van der Waals surface area contributed by atoms with Gasteiger partial charge in [-0.1, -0.05) is 11.2 Å². The topological polar surface area (TPSA) is 46.3 Å². The Labute approximate surface area is 142 Å². The quantitative estimate of drug-likeness (QED) is 0.697. The zero-order chi connectivity index (χ0) is 17.7. The number of rotatable bonds is 3. The molecular weight excluding hydrogens is 326 g/mol. The highest BCUT2D eigenvalue weighted by Gasteiger charge is 2.35. The zero-order valence-electron chi connectivity index (χ0n) is 13.6. The lowest BCUT2D eigenvalue weighted by Gasteiger charge is -2.37. The van der Waals surface area contributed by atoms with Gasteiger partial charge in [0.1, 0.15) is 17.3 Å². The van der Waals surface area contributed by atoms with Crippen LogP contribution >= 0.6 is 0 Å². The summed E-state index contributed by atoms with van der Waals surface area (Å²) >= 11 is 0. The monoisotopic (exact) mass is 340 g/mol. The molecule has 2 heterocycles. The SMILES string of the molecule is CC(C)N1C(=O)c2ccc(-c3cc(-c4ccc(F)cc4F)no3)cc21.